The van der Waals surface area contributed by atoms with Gasteiger partial charge in [-0.25, -0.2) is 4.39 Å². The number of carbonyl (C=O) groups excluding carboxylic acids is 1. The van der Waals surface area contributed by atoms with Crippen molar-refractivity contribution in [2.75, 3.05) is 37.0 Å². The third kappa shape index (κ3) is 5.19. The van der Waals surface area contributed by atoms with E-state index in [0.29, 0.717) is 23.4 Å². The first-order chi connectivity index (χ1) is 16.4. The highest BCUT2D eigenvalue weighted by atomic mass is 19.3. The number of piperidine rings is 1. The molecule has 1 aliphatic heterocycles. The van der Waals surface area contributed by atoms with Crippen molar-refractivity contribution in [3.8, 4) is 11.5 Å². The summed E-state index contributed by atoms with van der Waals surface area (Å²) in [6, 6.07) is 7.90. The van der Waals surface area contributed by atoms with Gasteiger partial charge in [0.05, 0.1) is 29.2 Å². The van der Waals surface area contributed by atoms with Crippen molar-refractivity contribution in [3.05, 3.63) is 53.9 Å². The minimum absolute atomic E-state index is 0.0752. The summed E-state index contributed by atoms with van der Waals surface area (Å²) < 4.78 is 44.5. The van der Waals surface area contributed by atoms with Gasteiger partial charge >= 0.3 is 6.43 Å². The Labute approximate surface area is 195 Å². The topological polar surface area (TPSA) is 78.6 Å². The number of benzene rings is 1. The summed E-state index contributed by atoms with van der Waals surface area (Å²) in [6.45, 7) is 2.03. The Kier molecular flexibility index (Phi) is 7.11. The van der Waals surface area contributed by atoms with Gasteiger partial charge in [0.25, 0.3) is 5.89 Å². The normalized spacial score (nSPS) is 15.0. The first-order valence-corrected chi connectivity index (χ1v) is 10.9. The third-order valence-corrected chi connectivity index (χ3v) is 6.02. The summed E-state index contributed by atoms with van der Waals surface area (Å²) >= 11 is 0. The van der Waals surface area contributed by atoms with Gasteiger partial charge in [0.15, 0.2) is 0 Å². The molecular formula is C23H25F3N6O2. The molecule has 1 aliphatic rings. The lowest BCUT2D eigenvalue weighted by atomic mass is 10.0. The van der Waals surface area contributed by atoms with Gasteiger partial charge in [-0.1, -0.05) is 0 Å². The number of anilines is 2. The van der Waals surface area contributed by atoms with Crippen LogP contribution in [-0.2, 0) is 11.3 Å². The van der Waals surface area contributed by atoms with Crippen LogP contribution in [0.3, 0.4) is 0 Å². The molecule has 1 fully saturated rings. The van der Waals surface area contributed by atoms with Crippen LogP contribution in [0.2, 0.25) is 0 Å². The zero-order valence-corrected chi connectivity index (χ0v) is 18.9. The second-order valence-corrected chi connectivity index (χ2v) is 8.30. The minimum Gasteiger partial charge on any atom is -0.415 e. The Morgan fingerprint density at radius 2 is 1.94 bits per heavy atom. The van der Waals surface area contributed by atoms with Gasteiger partial charge in [-0.05, 0) is 63.3 Å². The lowest BCUT2D eigenvalue weighted by Gasteiger charge is -2.38. The Morgan fingerprint density at radius 1 is 1.18 bits per heavy atom. The van der Waals surface area contributed by atoms with Crippen LogP contribution < -0.4 is 9.80 Å². The number of halogens is 3. The maximum atomic E-state index is 14.2. The van der Waals surface area contributed by atoms with Gasteiger partial charge in [0.2, 0.25) is 12.3 Å². The van der Waals surface area contributed by atoms with Gasteiger partial charge in [-0.2, -0.15) is 8.78 Å². The number of hydrogen-bond donors (Lipinski definition) is 0. The van der Waals surface area contributed by atoms with E-state index in [9.17, 15) is 18.0 Å². The first-order valence-electron chi connectivity index (χ1n) is 10.9. The van der Waals surface area contributed by atoms with E-state index in [1.165, 1.54) is 23.2 Å². The standard InChI is InChI=1S/C23H25F3N6O2/c1-30-9-7-18(8-10-30)31(2)19-6-4-16(24)11-20(19)32(14-33)13-17-5-3-15(12-27-17)22-28-29-23(34-22)21(25)26/h3-6,11-12,14,18,21H,7-10,13H2,1-2H3. The summed E-state index contributed by atoms with van der Waals surface area (Å²) in [5, 5.41) is 6.90. The van der Waals surface area contributed by atoms with E-state index >= 15 is 0 Å². The van der Waals surface area contributed by atoms with Crippen LogP contribution in [0.25, 0.3) is 11.5 Å². The Bertz CT molecular complexity index is 1120. The second kappa shape index (κ2) is 10.2. The molecule has 0 atom stereocenters. The Hall–Kier alpha value is -3.47. The van der Waals surface area contributed by atoms with Crippen LogP contribution >= 0.6 is 0 Å². The van der Waals surface area contributed by atoms with Gasteiger partial charge < -0.3 is 19.1 Å². The van der Waals surface area contributed by atoms with Crippen LogP contribution in [0.15, 0.2) is 40.9 Å². The van der Waals surface area contributed by atoms with Crippen LogP contribution in [0.4, 0.5) is 24.5 Å². The lowest BCUT2D eigenvalue weighted by Crippen LogP contribution is -2.42. The van der Waals surface area contributed by atoms with Crippen LogP contribution in [0, 0.1) is 5.82 Å². The van der Waals surface area contributed by atoms with Crippen molar-refractivity contribution in [1.29, 1.82) is 0 Å². The quantitative estimate of drug-likeness (QED) is 0.458. The number of amides is 1. The largest absolute Gasteiger partial charge is 0.415 e. The van der Waals surface area contributed by atoms with E-state index in [-0.39, 0.29) is 18.5 Å². The molecule has 0 bridgehead atoms. The van der Waals surface area contributed by atoms with E-state index in [2.05, 4.69) is 32.0 Å². The minimum atomic E-state index is -2.86. The summed E-state index contributed by atoms with van der Waals surface area (Å²) in [6.07, 6.45) is 1.12. The number of hydrogen-bond acceptors (Lipinski definition) is 7. The fraction of sp³-hybridized carbons (Fsp3) is 0.391. The second-order valence-electron chi connectivity index (χ2n) is 8.30. The third-order valence-electron chi connectivity index (χ3n) is 6.02. The molecular weight excluding hydrogens is 449 g/mol. The maximum Gasteiger partial charge on any atom is 0.314 e. The van der Waals surface area contributed by atoms with Crippen molar-refractivity contribution in [1.82, 2.24) is 20.1 Å². The average Bonchev–Trinajstić information content (AvgIpc) is 3.34. The molecule has 8 nitrogen and oxygen atoms in total. The predicted octanol–water partition coefficient (Wildman–Crippen LogP) is 3.90. The molecule has 1 amide bonds. The zero-order valence-electron chi connectivity index (χ0n) is 18.9. The van der Waals surface area contributed by atoms with Crippen molar-refractivity contribution in [2.24, 2.45) is 0 Å². The van der Waals surface area contributed by atoms with E-state index in [4.69, 9.17) is 4.42 Å². The molecule has 0 radical (unpaired) electrons. The number of likely N-dealkylation sites (tertiary alicyclic amines) is 1. The molecule has 34 heavy (non-hydrogen) atoms. The highest BCUT2D eigenvalue weighted by Gasteiger charge is 2.24. The number of nitrogens with zero attached hydrogens (tertiary/aromatic N) is 6. The SMILES string of the molecule is CN1CCC(N(C)c2ccc(F)cc2N(C=O)Cc2ccc(-c3nnc(C(F)F)o3)cn2)CC1. The molecule has 0 unspecified atom stereocenters. The predicted molar refractivity (Wildman–Crippen MR) is 120 cm³/mol. The monoisotopic (exact) mass is 474 g/mol. The molecule has 4 rings (SSSR count). The molecule has 3 heterocycles. The first kappa shape index (κ1) is 23.7. The number of aromatic nitrogens is 3. The molecule has 0 saturated carbocycles. The molecule has 0 aliphatic carbocycles. The van der Waals surface area contributed by atoms with Gasteiger partial charge in [0, 0.05) is 19.3 Å². The molecule has 3 aromatic rings. The van der Waals surface area contributed by atoms with Crippen LogP contribution in [0.1, 0.15) is 30.9 Å². The maximum absolute atomic E-state index is 14.2. The van der Waals surface area contributed by atoms with Crippen LogP contribution in [-0.4, -0.2) is 59.7 Å². The molecule has 1 saturated heterocycles. The van der Waals surface area contributed by atoms with E-state index in [0.717, 1.165) is 31.6 Å². The van der Waals surface area contributed by atoms with Crippen molar-refractivity contribution in [3.63, 3.8) is 0 Å². The molecule has 0 N–H and O–H groups in total. The summed E-state index contributed by atoms with van der Waals surface area (Å²) in [4.78, 5) is 22.1. The fourth-order valence-corrected chi connectivity index (χ4v) is 4.04. The van der Waals surface area contributed by atoms with E-state index in [1.54, 1.807) is 18.2 Å². The fourth-order valence-electron chi connectivity index (χ4n) is 4.04. The number of rotatable bonds is 8. The number of carbonyl (C=O) groups is 1. The zero-order chi connectivity index (χ0) is 24.2. The van der Waals surface area contributed by atoms with Crippen LogP contribution in [0.5, 0.6) is 0 Å². The highest BCUT2D eigenvalue weighted by Crippen LogP contribution is 2.33. The van der Waals surface area contributed by atoms with Crippen molar-refractivity contribution >= 4 is 17.8 Å². The molecule has 180 valence electrons. The van der Waals surface area contributed by atoms with E-state index in [1.807, 2.05) is 7.05 Å². The number of pyridine rings is 1. The molecule has 11 heteroatoms. The molecule has 0 spiro atoms. The van der Waals surface area contributed by atoms with Gasteiger partial charge in [-0.3, -0.25) is 9.78 Å². The molecule has 1 aromatic carbocycles. The van der Waals surface area contributed by atoms with E-state index < -0.39 is 18.1 Å². The van der Waals surface area contributed by atoms with Gasteiger partial charge in [0.1, 0.15) is 5.82 Å². The highest BCUT2D eigenvalue weighted by molar-refractivity contribution is 5.84. The Morgan fingerprint density at radius 3 is 2.56 bits per heavy atom. The average molecular weight is 474 g/mol. The summed E-state index contributed by atoms with van der Waals surface area (Å²) in [5.41, 5.74) is 2.08. The van der Waals surface area contributed by atoms with Crippen molar-refractivity contribution in [2.45, 2.75) is 31.9 Å². The summed E-state index contributed by atoms with van der Waals surface area (Å²) in [5.74, 6) is -1.29. The Balaban J connectivity index is 1.54. The van der Waals surface area contributed by atoms with Crippen molar-refractivity contribution < 1.29 is 22.4 Å². The number of alkyl halides is 2. The smallest absolute Gasteiger partial charge is 0.314 e. The lowest BCUT2D eigenvalue weighted by molar-refractivity contribution is -0.107. The molecule has 2 aromatic heterocycles. The van der Waals surface area contributed by atoms with Gasteiger partial charge in [-0.15, -0.1) is 10.2 Å². The summed E-state index contributed by atoms with van der Waals surface area (Å²) in [7, 11) is 4.04.